The molecule has 0 saturated heterocycles. The third-order valence-corrected chi connectivity index (χ3v) is 12.7. The molecule has 0 bridgehead atoms. The Morgan fingerprint density at radius 2 is 0.507 bits per heavy atom. The maximum atomic E-state index is 5.06. The highest BCUT2D eigenvalue weighted by Crippen LogP contribution is 2.38. The lowest BCUT2D eigenvalue weighted by Crippen LogP contribution is -2.00. The van der Waals surface area contributed by atoms with Gasteiger partial charge in [0.25, 0.3) is 0 Å². The summed E-state index contributed by atoms with van der Waals surface area (Å²) >= 11 is 0. The van der Waals surface area contributed by atoms with Crippen molar-refractivity contribution in [1.82, 2.24) is 19.5 Å². The average molecular weight is 855 g/mol. The van der Waals surface area contributed by atoms with Gasteiger partial charge in [0.05, 0.1) is 11.0 Å². The summed E-state index contributed by atoms with van der Waals surface area (Å²) in [7, 11) is 0. The monoisotopic (exact) mass is 854 g/mol. The van der Waals surface area contributed by atoms with E-state index in [1.54, 1.807) is 0 Å². The van der Waals surface area contributed by atoms with E-state index in [1.807, 2.05) is 36.4 Å². The molecule has 4 heteroatoms. The highest BCUT2D eigenvalue weighted by atomic mass is 15.0. The Kier molecular flexibility index (Phi) is 10.2. The largest absolute Gasteiger partial charge is 0.309 e. The normalized spacial score (nSPS) is 11.3. The molecule has 0 N–H and O–H groups in total. The highest BCUT2D eigenvalue weighted by Gasteiger charge is 2.17. The summed E-state index contributed by atoms with van der Waals surface area (Å²) in [6.07, 6.45) is 0. The van der Waals surface area contributed by atoms with Gasteiger partial charge in [0.15, 0.2) is 17.5 Å². The van der Waals surface area contributed by atoms with Gasteiger partial charge in [-0.3, -0.25) is 0 Å². The van der Waals surface area contributed by atoms with Crippen LogP contribution in [0.1, 0.15) is 0 Å². The van der Waals surface area contributed by atoms with Crippen molar-refractivity contribution in [2.24, 2.45) is 0 Å². The summed E-state index contributed by atoms with van der Waals surface area (Å²) in [5.41, 5.74) is 18.0. The molecule has 0 spiro atoms. The van der Waals surface area contributed by atoms with Gasteiger partial charge >= 0.3 is 0 Å². The van der Waals surface area contributed by atoms with Crippen LogP contribution in [0.4, 0.5) is 0 Å². The number of rotatable bonds is 9. The van der Waals surface area contributed by atoms with Gasteiger partial charge < -0.3 is 4.57 Å². The SMILES string of the molecule is c1ccc(-c2ccc(-c3ccc(-n4c5ccc(-c6ccccc6)cc5c5ccc(-c6ccc(-c7nc(-c8ccccc8)nc(-c8ccc(-c9ccccc9)cc8)n7)cc6)cc54)cc3)cc2)cc1. The van der Waals surface area contributed by atoms with E-state index in [1.165, 1.54) is 49.7 Å². The van der Waals surface area contributed by atoms with Crippen LogP contribution >= 0.6 is 0 Å². The zero-order valence-electron chi connectivity index (χ0n) is 36.5. The topological polar surface area (TPSA) is 43.6 Å². The molecule has 4 nitrogen and oxygen atoms in total. The van der Waals surface area contributed by atoms with Gasteiger partial charge in [-0.2, -0.15) is 0 Å². The summed E-state index contributed by atoms with van der Waals surface area (Å²) in [6.45, 7) is 0. The minimum absolute atomic E-state index is 0.628. The lowest BCUT2D eigenvalue weighted by molar-refractivity contribution is 1.07. The molecule has 0 saturated carbocycles. The summed E-state index contributed by atoms with van der Waals surface area (Å²) in [5.74, 6) is 1.90. The van der Waals surface area contributed by atoms with E-state index in [4.69, 9.17) is 15.0 Å². The van der Waals surface area contributed by atoms with Gasteiger partial charge in [0, 0.05) is 33.2 Å². The van der Waals surface area contributed by atoms with Crippen molar-refractivity contribution in [2.75, 3.05) is 0 Å². The molecule has 0 radical (unpaired) electrons. The zero-order valence-corrected chi connectivity index (χ0v) is 36.5. The van der Waals surface area contributed by atoms with E-state index in [-0.39, 0.29) is 0 Å². The molecule has 0 amide bonds. The van der Waals surface area contributed by atoms with Gasteiger partial charge in [-0.15, -0.1) is 0 Å². The molecule has 0 atom stereocenters. The van der Waals surface area contributed by atoms with Crippen LogP contribution in [0.2, 0.25) is 0 Å². The van der Waals surface area contributed by atoms with Crippen LogP contribution in [0.3, 0.4) is 0 Å². The lowest BCUT2D eigenvalue weighted by Gasteiger charge is -2.11. The maximum absolute atomic E-state index is 5.06. The van der Waals surface area contributed by atoms with Gasteiger partial charge in [0.2, 0.25) is 0 Å². The molecule has 2 heterocycles. The number of hydrogen-bond acceptors (Lipinski definition) is 3. The van der Waals surface area contributed by atoms with Gasteiger partial charge in [-0.25, -0.2) is 15.0 Å². The Morgan fingerprint density at radius 3 is 0.955 bits per heavy atom. The van der Waals surface area contributed by atoms with Gasteiger partial charge in [-0.1, -0.05) is 224 Å². The first kappa shape index (κ1) is 39.6. The minimum atomic E-state index is 0.628. The third kappa shape index (κ3) is 7.77. The van der Waals surface area contributed by atoms with E-state index in [0.717, 1.165) is 50.1 Å². The molecule has 12 rings (SSSR count). The molecule has 2 aromatic heterocycles. The van der Waals surface area contributed by atoms with Crippen LogP contribution in [-0.2, 0) is 0 Å². The van der Waals surface area contributed by atoms with E-state index in [9.17, 15) is 0 Å². The van der Waals surface area contributed by atoms with Crippen molar-refractivity contribution in [3.8, 4) is 95.5 Å². The Hall–Kier alpha value is -8.99. The number of aromatic nitrogens is 4. The Morgan fingerprint density at radius 1 is 0.209 bits per heavy atom. The minimum Gasteiger partial charge on any atom is -0.309 e. The summed E-state index contributed by atoms with van der Waals surface area (Å²) in [6, 6.07) is 90.2. The second-order valence-corrected chi connectivity index (χ2v) is 16.8. The van der Waals surface area contributed by atoms with Crippen molar-refractivity contribution >= 4 is 21.8 Å². The van der Waals surface area contributed by atoms with Crippen LogP contribution in [0, 0.1) is 0 Å². The molecule has 10 aromatic carbocycles. The molecule has 0 aliphatic carbocycles. The van der Waals surface area contributed by atoms with Crippen LogP contribution in [0.25, 0.3) is 117 Å². The first-order valence-corrected chi connectivity index (χ1v) is 22.7. The molecule has 0 aliphatic heterocycles. The standard InChI is InChI=1S/C63H42N4/c1-5-13-43(14-6-1)46-21-23-48(24-22-46)49-33-37-56(38-34-49)67-59-40-36-54(45-17-9-3-10-18-45)41-58(59)57-39-35-55(42-60(57)67)50-27-31-53(32-28-50)63-65-61(51-19-11-4-12-20-51)64-62(66-63)52-29-25-47(26-30-52)44-15-7-2-8-16-44/h1-42H. The molecule has 12 aromatic rings. The highest BCUT2D eigenvalue weighted by molar-refractivity contribution is 6.11. The van der Waals surface area contributed by atoms with Crippen LogP contribution in [0.5, 0.6) is 0 Å². The van der Waals surface area contributed by atoms with Crippen molar-refractivity contribution in [3.63, 3.8) is 0 Å². The number of benzene rings is 10. The summed E-state index contributed by atoms with van der Waals surface area (Å²) in [4.78, 5) is 15.1. The Labute approximate surface area is 389 Å². The fraction of sp³-hybridized carbons (Fsp3) is 0. The summed E-state index contributed by atoms with van der Waals surface area (Å²) < 4.78 is 2.41. The van der Waals surface area contributed by atoms with Crippen molar-refractivity contribution in [2.45, 2.75) is 0 Å². The summed E-state index contributed by atoms with van der Waals surface area (Å²) in [5, 5.41) is 2.42. The predicted octanol–water partition coefficient (Wildman–Crippen LogP) is 16.3. The zero-order chi connectivity index (χ0) is 44.5. The second-order valence-electron chi connectivity index (χ2n) is 16.8. The third-order valence-electron chi connectivity index (χ3n) is 12.7. The Bertz CT molecular complexity index is 3660. The van der Waals surface area contributed by atoms with Crippen LogP contribution in [-0.4, -0.2) is 19.5 Å². The van der Waals surface area contributed by atoms with Crippen molar-refractivity contribution in [3.05, 3.63) is 255 Å². The van der Waals surface area contributed by atoms with E-state index >= 15 is 0 Å². The Balaban J connectivity index is 0.913. The molecular weight excluding hydrogens is 813 g/mol. The van der Waals surface area contributed by atoms with E-state index in [0.29, 0.717) is 17.5 Å². The molecule has 0 fully saturated rings. The van der Waals surface area contributed by atoms with Crippen LogP contribution in [0.15, 0.2) is 255 Å². The predicted molar refractivity (Wildman–Crippen MR) is 278 cm³/mol. The second kappa shape index (κ2) is 17.2. The number of hydrogen-bond donors (Lipinski definition) is 0. The molecule has 314 valence electrons. The quantitative estimate of drug-likeness (QED) is 0.145. The van der Waals surface area contributed by atoms with E-state index in [2.05, 4.69) is 223 Å². The molecule has 0 aliphatic rings. The van der Waals surface area contributed by atoms with Crippen molar-refractivity contribution < 1.29 is 0 Å². The number of nitrogens with zero attached hydrogens (tertiary/aromatic N) is 4. The first-order valence-electron chi connectivity index (χ1n) is 22.7. The molecule has 67 heavy (non-hydrogen) atoms. The van der Waals surface area contributed by atoms with Crippen molar-refractivity contribution in [1.29, 1.82) is 0 Å². The number of fused-ring (bicyclic) bond motifs is 3. The maximum Gasteiger partial charge on any atom is 0.164 e. The fourth-order valence-electron chi connectivity index (χ4n) is 9.18. The van der Waals surface area contributed by atoms with Crippen LogP contribution < -0.4 is 0 Å². The molecular formula is C63H42N4. The smallest absolute Gasteiger partial charge is 0.164 e. The molecule has 0 unspecified atom stereocenters. The fourth-order valence-corrected chi connectivity index (χ4v) is 9.18. The first-order chi connectivity index (χ1) is 33.2. The average Bonchev–Trinajstić information content (AvgIpc) is 3.75. The lowest BCUT2D eigenvalue weighted by atomic mass is 10.00. The van der Waals surface area contributed by atoms with Gasteiger partial charge in [0.1, 0.15) is 0 Å². The van der Waals surface area contributed by atoms with Gasteiger partial charge in [-0.05, 0) is 86.0 Å². The van der Waals surface area contributed by atoms with E-state index < -0.39 is 0 Å².